The second-order valence-electron chi connectivity index (χ2n) is 6.73. The topological polar surface area (TPSA) is 49.4 Å². The van der Waals surface area contributed by atoms with Gasteiger partial charge in [-0.2, -0.15) is 13.2 Å². The number of rotatable bonds is 2. The predicted octanol–water partition coefficient (Wildman–Crippen LogP) is 2.89. The van der Waals surface area contributed by atoms with Crippen molar-refractivity contribution in [2.45, 2.75) is 11.7 Å². The number of hydrogen-bond acceptors (Lipinski definition) is 4. The van der Waals surface area contributed by atoms with Crippen LogP contribution in [0.2, 0.25) is 0 Å². The molecule has 2 aromatic carbocycles. The zero-order valence-electron chi connectivity index (χ0n) is 14.3. The van der Waals surface area contributed by atoms with E-state index in [1.165, 1.54) is 0 Å². The molecule has 0 amide bonds. The first kappa shape index (κ1) is 17.9. The summed E-state index contributed by atoms with van der Waals surface area (Å²) in [6.07, 6.45) is -4.58. The third-order valence-electron chi connectivity index (χ3n) is 5.28. The Morgan fingerprint density at radius 3 is 2.15 bits per heavy atom. The summed E-state index contributed by atoms with van der Waals surface area (Å²) in [5.41, 5.74) is -2.14. The molecule has 1 saturated heterocycles. The highest BCUT2D eigenvalue weighted by molar-refractivity contribution is 6.32. The third kappa shape index (κ3) is 2.61. The van der Waals surface area contributed by atoms with Crippen molar-refractivity contribution in [3.05, 3.63) is 70.8 Å². The van der Waals surface area contributed by atoms with Crippen LogP contribution in [0.4, 0.5) is 13.2 Å². The summed E-state index contributed by atoms with van der Waals surface area (Å²) in [5, 5.41) is 3.17. The average Bonchev–Trinajstić information content (AvgIpc) is 2.90. The molecule has 140 valence electrons. The van der Waals surface area contributed by atoms with Gasteiger partial charge in [-0.25, -0.2) is 0 Å². The third-order valence-corrected chi connectivity index (χ3v) is 5.28. The fourth-order valence-corrected chi connectivity index (χ4v) is 4.01. The van der Waals surface area contributed by atoms with E-state index in [0.717, 1.165) is 18.2 Å². The van der Waals surface area contributed by atoms with E-state index in [1.54, 1.807) is 35.2 Å². The van der Waals surface area contributed by atoms with Gasteiger partial charge in [-0.05, 0) is 23.8 Å². The number of nitrogens with zero attached hydrogens (tertiary/aromatic N) is 1. The van der Waals surface area contributed by atoms with E-state index in [2.05, 4.69) is 5.32 Å². The fraction of sp³-hybridized carbons (Fsp3) is 0.300. The Labute approximate surface area is 154 Å². The first-order valence-corrected chi connectivity index (χ1v) is 8.69. The molecule has 1 fully saturated rings. The smallest absolute Gasteiger partial charge is 0.314 e. The van der Waals surface area contributed by atoms with Crippen LogP contribution in [0, 0.1) is 0 Å². The number of Topliss-reactive ketones (excluding diaryl/α,β-unsaturated/α-hetero) is 2. The number of fused-ring (bicyclic) bond motifs is 1. The maximum Gasteiger partial charge on any atom is 0.416 e. The molecule has 4 rings (SSSR count). The first-order valence-electron chi connectivity index (χ1n) is 8.69. The Morgan fingerprint density at radius 1 is 0.889 bits per heavy atom. The van der Waals surface area contributed by atoms with Gasteiger partial charge in [0.2, 0.25) is 0 Å². The van der Waals surface area contributed by atoms with Gasteiger partial charge in [0.05, 0.1) is 5.56 Å². The molecule has 0 bridgehead atoms. The zero-order chi connectivity index (χ0) is 19.2. The molecule has 0 radical (unpaired) electrons. The molecule has 4 nitrogen and oxygen atoms in total. The summed E-state index contributed by atoms with van der Waals surface area (Å²) in [6.45, 7) is 2.09. The van der Waals surface area contributed by atoms with Gasteiger partial charge in [-0.1, -0.05) is 30.3 Å². The van der Waals surface area contributed by atoms with Crippen LogP contribution in [0.5, 0.6) is 0 Å². The largest absolute Gasteiger partial charge is 0.416 e. The molecule has 2 aromatic rings. The SMILES string of the molecule is O=C1c2ccc(C(F)(F)F)cc2C(=O)C1(c1ccccc1)N1CCNCC1. The summed E-state index contributed by atoms with van der Waals surface area (Å²) < 4.78 is 39.4. The van der Waals surface area contributed by atoms with E-state index in [1.807, 2.05) is 0 Å². The van der Waals surface area contributed by atoms with Crippen LogP contribution in [0.25, 0.3) is 0 Å². The average molecular weight is 374 g/mol. The lowest BCUT2D eigenvalue weighted by Gasteiger charge is -2.41. The predicted molar refractivity (Wildman–Crippen MR) is 92.7 cm³/mol. The Hall–Kier alpha value is -2.51. The van der Waals surface area contributed by atoms with Crippen molar-refractivity contribution < 1.29 is 22.8 Å². The monoisotopic (exact) mass is 374 g/mol. The number of nitrogens with one attached hydrogen (secondary N) is 1. The van der Waals surface area contributed by atoms with Gasteiger partial charge in [0, 0.05) is 37.3 Å². The second-order valence-corrected chi connectivity index (χ2v) is 6.73. The van der Waals surface area contributed by atoms with Crippen molar-refractivity contribution in [2.75, 3.05) is 26.2 Å². The number of carbonyl (C=O) groups is 2. The highest BCUT2D eigenvalue weighted by Crippen LogP contribution is 2.44. The summed E-state index contributed by atoms with van der Waals surface area (Å²) in [4.78, 5) is 28.7. The Balaban J connectivity index is 1.92. The first-order chi connectivity index (χ1) is 12.9. The van der Waals surface area contributed by atoms with E-state index >= 15 is 0 Å². The fourth-order valence-electron chi connectivity index (χ4n) is 4.01. The Kier molecular flexibility index (Phi) is 4.16. The number of piperazine rings is 1. The van der Waals surface area contributed by atoms with E-state index in [0.29, 0.717) is 31.7 Å². The van der Waals surface area contributed by atoms with Crippen LogP contribution in [0.3, 0.4) is 0 Å². The van der Waals surface area contributed by atoms with Gasteiger partial charge < -0.3 is 5.32 Å². The van der Waals surface area contributed by atoms with Crippen LogP contribution < -0.4 is 5.32 Å². The lowest BCUT2D eigenvalue weighted by Crippen LogP contribution is -2.59. The zero-order valence-corrected chi connectivity index (χ0v) is 14.3. The molecule has 1 aliphatic heterocycles. The van der Waals surface area contributed by atoms with Crippen molar-refractivity contribution in [3.63, 3.8) is 0 Å². The highest BCUT2D eigenvalue weighted by Gasteiger charge is 2.58. The number of ketones is 2. The quantitative estimate of drug-likeness (QED) is 0.822. The maximum atomic E-state index is 13.5. The summed E-state index contributed by atoms with van der Waals surface area (Å²) in [5.74, 6) is -1.04. The molecule has 7 heteroatoms. The van der Waals surface area contributed by atoms with E-state index < -0.39 is 28.8 Å². The van der Waals surface area contributed by atoms with Crippen LogP contribution in [-0.2, 0) is 11.7 Å². The minimum Gasteiger partial charge on any atom is -0.314 e. The van der Waals surface area contributed by atoms with Crippen molar-refractivity contribution in [3.8, 4) is 0 Å². The molecule has 1 heterocycles. The minimum atomic E-state index is -4.58. The van der Waals surface area contributed by atoms with Gasteiger partial charge in [0.1, 0.15) is 0 Å². The van der Waals surface area contributed by atoms with Crippen molar-refractivity contribution in [1.82, 2.24) is 10.2 Å². The van der Waals surface area contributed by atoms with Gasteiger partial charge in [-0.15, -0.1) is 0 Å². The number of carbonyl (C=O) groups excluding carboxylic acids is 2. The van der Waals surface area contributed by atoms with Crippen LogP contribution in [-0.4, -0.2) is 42.6 Å². The van der Waals surface area contributed by atoms with Crippen molar-refractivity contribution >= 4 is 11.6 Å². The molecule has 1 aliphatic carbocycles. The Morgan fingerprint density at radius 2 is 1.52 bits per heavy atom. The van der Waals surface area contributed by atoms with Gasteiger partial charge >= 0.3 is 6.18 Å². The Bertz CT molecular complexity index is 905. The molecule has 1 N–H and O–H groups in total. The molecule has 0 aromatic heterocycles. The second kappa shape index (κ2) is 6.28. The maximum absolute atomic E-state index is 13.5. The highest BCUT2D eigenvalue weighted by atomic mass is 19.4. The van der Waals surface area contributed by atoms with E-state index in [4.69, 9.17) is 0 Å². The van der Waals surface area contributed by atoms with Crippen molar-refractivity contribution in [2.24, 2.45) is 0 Å². The van der Waals surface area contributed by atoms with Crippen LogP contribution in [0.15, 0.2) is 48.5 Å². The lowest BCUT2D eigenvalue weighted by molar-refractivity contribution is -0.137. The molecular weight excluding hydrogens is 357 g/mol. The van der Waals surface area contributed by atoms with Crippen molar-refractivity contribution in [1.29, 1.82) is 0 Å². The van der Waals surface area contributed by atoms with Gasteiger partial charge in [-0.3, -0.25) is 14.5 Å². The van der Waals surface area contributed by atoms with E-state index in [9.17, 15) is 22.8 Å². The van der Waals surface area contributed by atoms with Gasteiger partial charge in [0.15, 0.2) is 17.1 Å². The minimum absolute atomic E-state index is 0.0513. The van der Waals surface area contributed by atoms with E-state index in [-0.39, 0.29) is 11.1 Å². The standard InChI is InChI=1S/C20H17F3N2O2/c21-20(22,23)14-6-7-15-16(12-14)18(27)19(17(15)26,13-4-2-1-3-5-13)25-10-8-24-9-11-25/h1-7,12,24H,8-11H2. The summed E-state index contributed by atoms with van der Waals surface area (Å²) in [6, 6.07) is 11.4. The number of alkyl halides is 3. The molecule has 0 spiro atoms. The normalized spacial score (nSPS) is 23.5. The summed E-state index contributed by atoms with van der Waals surface area (Å²) in [7, 11) is 0. The molecular formula is C20H17F3N2O2. The lowest BCUT2D eigenvalue weighted by atomic mass is 9.82. The van der Waals surface area contributed by atoms with Gasteiger partial charge in [0.25, 0.3) is 0 Å². The number of halogens is 3. The number of hydrogen-bond donors (Lipinski definition) is 1. The van der Waals surface area contributed by atoms with Crippen LogP contribution in [0.1, 0.15) is 31.8 Å². The molecule has 2 aliphatic rings. The summed E-state index contributed by atoms with van der Waals surface area (Å²) >= 11 is 0. The molecule has 27 heavy (non-hydrogen) atoms. The molecule has 1 unspecified atom stereocenters. The molecule has 1 atom stereocenters. The van der Waals surface area contributed by atoms with Crippen LogP contribution >= 0.6 is 0 Å². The molecule has 0 saturated carbocycles. The number of benzene rings is 2.